The molecule has 92 valence electrons. The van der Waals surface area contributed by atoms with Crippen LogP contribution in [0, 0.1) is 0 Å². The lowest BCUT2D eigenvalue weighted by molar-refractivity contribution is -0.137. The van der Waals surface area contributed by atoms with Crippen molar-refractivity contribution in [2.75, 3.05) is 5.32 Å². The Morgan fingerprint density at radius 3 is 2.94 bits per heavy atom. The van der Waals surface area contributed by atoms with Crippen molar-refractivity contribution in [2.24, 2.45) is 0 Å². The standard InChI is InChI=1S/C13H13N3O2/c1-2-5-11(13(17)18)16-12-9-6-3-4-7-10(9)14-8-15-12/h2-4,6-8,11H,1,5H2,(H,17,18)(H,14,15,16). The van der Waals surface area contributed by atoms with Crippen LogP contribution in [0.3, 0.4) is 0 Å². The summed E-state index contributed by atoms with van der Waals surface area (Å²) in [6, 6.07) is 6.70. The summed E-state index contributed by atoms with van der Waals surface area (Å²) in [6.45, 7) is 3.55. The molecular weight excluding hydrogens is 230 g/mol. The van der Waals surface area contributed by atoms with Gasteiger partial charge in [0.15, 0.2) is 0 Å². The minimum Gasteiger partial charge on any atom is -0.480 e. The first kappa shape index (κ1) is 12.0. The van der Waals surface area contributed by atoms with Gasteiger partial charge in [0.25, 0.3) is 0 Å². The quantitative estimate of drug-likeness (QED) is 0.786. The first-order valence-electron chi connectivity index (χ1n) is 5.52. The van der Waals surface area contributed by atoms with Gasteiger partial charge in [0.05, 0.1) is 5.52 Å². The largest absolute Gasteiger partial charge is 0.480 e. The van der Waals surface area contributed by atoms with Gasteiger partial charge < -0.3 is 10.4 Å². The third kappa shape index (κ3) is 2.45. The third-order valence-corrected chi connectivity index (χ3v) is 2.55. The number of nitrogens with zero attached hydrogens (tertiary/aromatic N) is 2. The molecule has 2 rings (SSSR count). The van der Waals surface area contributed by atoms with Crippen LogP contribution in [-0.2, 0) is 4.79 Å². The maximum absolute atomic E-state index is 11.1. The fourth-order valence-electron chi connectivity index (χ4n) is 1.67. The monoisotopic (exact) mass is 243 g/mol. The Bertz CT molecular complexity index is 578. The number of hydrogen-bond donors (Lipinski definition) is 2. The van der Waals surface area contributed by atoms with Crippen molar-refractivity contribution < 1.29 is 9.90 Å². The number of anilines is 1. The highest BCUT2D eigenvalue weighted by molar-refractivity contribution is 5.90. The molecule has 1 aromatic heterocycles. The predicted octanol–water partition coefficient (Wildman–Crippen LogP) is 2.07. The number of fused-ring (bicyclic) bond motifs is 1. The maximum Gasteiger partial charge on any atom is 0.326 e. The molecule has 0 bridgehead atoms. The highest BCUT2D eigenvalue weighted by Crippen LogP contribution is 2.19. The summed E-state index contributed by atoms with van der Waals surface area (Å²) in [4.78, 5) is 19.3. The molecule has 1 unspecified atom stereocenters. The zero-order valence-electron chi connectivity index (χ0n) is 9.71. The van der Waals surface area contributed by atoms with Crippen LogP contribution in [0.2, 0.25) is 0 Å². The minimum atomic E-state index is -0.933. The molecule has 1 aromatic carbocycles. The minimum absolute atomic E-state index is 0.327. The van der Waals surface area contributed by atoms with Crippen molar-refractivity contribution in [1.82, 2.24) is 9.97 Å². The SMILES string of the molecule is C=CCC(Nc1ncnc2ccccc12)C(=O)O. The van der Waals surface area contributed by atoms with Gasteiger partial charge in [-0.2, -0.15) is 0 Å². The van der Waals surface area contributed by atoms with Gasteiger partial charge in [-0.25, -0.2) is 14.8 Å². The second-order valence-corrected chi connectivity index (χ2v) is 3.80. The van der Waals surface area contributed by atoms with Gasteiger partial charge in [0, 0.05) is 5.39 Å². The first-order valence-corrected chi connectivity index (χ1v) is 5.52. The number of carbonyl (C=O) groups is 1. The molecule has 0 aliphatic rings. The molecule has 0 spiro atoms. The summed E-state index contributed by atoms with van der Waals surface area (Å²) in [5.41, 5.74) is 0.776. The van der Waals surface area contributed by atoms with E-state index in [4.69, 9.17) is 5.11 Å². The van der Waals surface area contributed by atoms with Crippen molar-refractivity contribution in [3.63, 3.8) is 0 Å². The van der Waals surface area contributed by atoms with E-state index in [0.717, 1.165) is 10.9 Å². The Hall–Kier alpha value is -2.43. The summed E-state index contributed by atoms with van der Waals surface area (Å²) in [6.07, 6.45) is 3.31. The molecule has 1 heterocycles. The molecule has 18 heavy (non-hydrogen) atoms. The van der Waals surface area contributed by atoms with Crippen molar-refractivity contribution in [3.8, 4) is 0 Å². The average Bonchev–Trinajstić information content (AvgIpc) is 2.38. The Morgan fingerprint density at radius 2 is 2.22 bits per heavy atom. The molecule has 0 aliphatic carbocycles. The van der Waals surface area contributed by atoms with Crippen LogP contribution in [0.15, 0.2) is 43.2 Å². The van der Waals surface area contributed by atoms with E-state index in [1.807, 2.05) is 24.3 Å². The molecule has 0 amide bonds. The van der Waals surface area contributed by atoms with Crippen molar-refractivity contribution in [3.05, 3.63) is 43.2 Å². The van der Waals surface area contributed by atoms with Gasteiger partial charge in [-0.05, 0) is 18.6 Å². The van der Waals surface area contributed by atoms with E-state index in [-0.39, 0.29) is 0 Å². The molecule has 2 aromatic rings. The normalized spacial score (nSPS) is 12.0. The summed E-state index contributed by atoms with van der Waals surface area (Å²) >= 11 is 0. The zero-order valence-corrected chi connectivity index (χ0v) is 9.71. The molecule has 5 heteroatoms. The second-order valence-electron chi connectivity index (χ2n) is 3.80. The van der Waals surface area contributed by atoms with Crippen LogP contribution in [0.5, 0.6) is 0 Å². The Morgan fingerprint density at radius 1 is 1.44 bits per heavy atom. The molecular formula is C13H13N3O2. The van der Waals surface area contributed by atoms with E-state index in [2.05, 4.69) is 21.9 Å². The highest BCUT2D eigenvalue weighted by atomic mass is 16.4. The first-order chi connectivity index (χ1) is 8.72. The molecule has 0 saturated carbocycles. The van der Waals surface area contributed by atoms with E-state index in [1.165, 1.54) is 6.33 Å². The summed E-state index contributed by atoms with van der Waals surface area (Å²) in [5, 5.41) is 12.8. The molecule has 2 N–H and O–H groups in total. The highest BCUT2D eigenvalue weighted by Gasteiger charge is 2.16. The number of aliphatic carboxylic acids is 1. The van der Waals surface area contributed by atoms with E-state index in [1.54, 1.807) is 6.08 Å². The van der Waals surface area contributed by atoms with Crippen LogP contribution in [0.4, 0.5) is 5.82 Å². The summed E-state index contributed by atoms with van der Waals surface area (Å²) < 4.78 is 0. The van der Waals surface area contributed by atoms with Crippen LogP contribution < -0.4 is 5.32 Å². The van der Waals surface area contributed by atoms with Gasteiger partial charge in [-0.15, -0.1) is 6.58 Å². The molecule has 0 aliphatic heterocycles. The van der Waals surface area contributed by atoms with Gasteiger partial charge in [0.2, 0.25) is 0 Å². The molecule has 0 fully saturated rings. The van der Waals surface area contributed by atoms with E-state index in [9.17, 15) is 4.79 Å². The van der Waals surface area contributed by atoms with E-state index < -0.39 is 12.0 Å². The van der Waals surface area contributed by atoms with Crippen LogP contribution in [-0.4, -0.2) is 27.1 Å². The van der Waals surface area contributed by atoms with Crippen molar-refractivity contribution in [2.45, 2.75) is 12.5 Å². The van der Waals surface area contributed by atoms with Crippen LogP contribution in [0.1, 0.15) is 6.42 Å². The number of nitrogens with one attached hydrogen (secondary N) is 1. The molecule has 5 nitrogen and oxygen atoms in total. The number of benzene rings is 1. The number of hydrogen-bond acceptors (Lipinski definition) is 4. The lowest BCUT2D eigenvalue weighted by Gasteiger charge is -2.14. The molecule has 1 atom stereocenters. The van der Waals surface area contributed by atoms with Gasteiger partial charge in [-0.1, -0.05) is 18.2 Å². The van der Waals surface area contributed by atoms with Gasteiger partial charge >= 0.3 is 5.97 Å². The van der Waals surface area contributed by atoms with Crippen LogP contribution >= 0.6 is 0 Å². The van der Waals surface area contributed by atoms with Crippen molar-refractivity contribution >= 4 is 22.7 Å². The number of aromatic nitrogens is 2. The number of carboxylic acids is 1. The fourth-order valence-corrected chi connectivity index (χ4v) is 1.67. The van der Waals surface area contributed by atoms with E-state index in [0.29, 0.717) is 12.2 Å². The zero-order chi connectivity index (χ0) is 13.0. The third-order valence-electron chi connectivity index (χ3n) is 2.55. The maximum atomic E-state index is 11.1. The summed E-state index contributed by atoms with van der Waals surface area (Å²) in [7, 11) is 0. The lowest BCUT2D eigenvalue weighted by Crippen LogP contribution is -2.29. The lowest BCUT2D eigenvalue weighted by atomic mass is 10.2. The number of rotatable bonds is 5. The predicted molar refractivity (Wildman–Crippen MR) is 69.4 cm³/mol. The second kappa shape index (κ2) is 5.27. The van der Waals surface area contributed by atoms with Crippen molar-refractivity contribution in [1.29, 1.82) is 0 Å². The smallest absolute Gasteiger partial charge is 0.326 e. The molecule has 0 radical (unpaired) electrons. The van der Waals surface area contributed by atoms with E-state index >= 15 is 0 Å². The van der Waals surface area contributed by atoms with Crippen LogP contribution in [0.25, 0.3) is 10.9 Å². The summed E-state index contributed by atoms with van der Waals surface area (Å²) in [5.74, 6) is -0.410. The van der Waals surface area contributed by atoms with Gasteiger partial charge in [0.1, 0.15) is 18.2 Å². The topological polar surface area (TPSA) is 75.1 Å². The fraction of sp³-hybridized carbons (Fsp3) is 0.154. The molecule has 0 saturated heterocycles. The van der Waals surface area contributed by atoms with Gasteiger partial charge in [-0.3, -0.25) is 0 Å². The Labute approximate surface area is 104 Å². The average molecular weight is 243 g/mol. The number of carboxylic acid groups (broad SMARTS) is 1. The number of para-hydroxylation sites is 1. The Balaban J connectivity index is 2.36. The Kier molecular flexibility index (Phi) is 3.52.